The Labute approximate surface area is 117 Å². The van der Waals surface area contributed by atoms with E-state index in [1.54, 1.807) is 12.1 Å². The summed E-state index contributed by atoms with van der Waals surface area (Å²) >= 11 is 0. The molecule has 0 radical (unpaired) electrons. The van der Waals surface area contributed by atoms with Gasteiger partial charge in [-0.2, -0.15) is 0 Å². The van der Waals surface area contributed by atoms with Crippen LogP contribution in [0.4, 0.5) is 0 Å². The zero-order chi connectivity index (χ0) is 14.5. The lowest BCUT2D eigenvalue weighted by Gasteiger charge is -2.28. The standard InChI is InChI=1S/C15H19NO4/c1-10(11-5-7-20-8-6-11)16-14(17)12-3-2-4-13(9-12)15(18)19/h2-4,9-11H,5-8H2,1H3,(H,16,17)(H,18,19). The highest BCUT2D eigenvalue weighted by Gasteiger charge is 2.22. The van der Waals surface area contributed by atoms with Gasteiger partial charge in [0.2, 0.25) is 0 Å². The molecule has 1 aromatic carbocycles. The van der Waals surface area contributed by atoms with Gasteiger partial charge in [0.1, 0.15) is 0 Å². The van der Waals surface area contributed by atoms with E-state index in [0.717, 1.165) is 26.1 Å². The van der Waals surface area contributed by atoms with Crippen molar-refractivity contribution in [3.05, 3.63) is 35.4 Å². The molecule has 0 bridgehead atoms. The van der Waals surface area contributed by atoms with Crippen LogP contribution in [0.15, 0.2) is 24.3 Å². The minimum atomic E-state index is -1.03. The van der Waals surface area contributed by atoms with Gasteiger partial charge in [-0.1, -0.05) is 6.07 Å². The number of amides is 1. The molecule has 1 aliphatic rings. The Morgan fingerprint density at radius 1 is 1.30 bits per heavy atom. The van der Waals surface area contributed by atoms with Crippen molar-refractivity contribution in [2.45, 2.75) is 25.8 Å². The molecule has 0 aliphatic carbocycles. The highest BCUT2D eigenvalue weighted by molar-refractivity contribution is 5.97. The van der Waals surface area contributed by atoms with E-state index in [9.17, 15) is 9.59 Å². The fourth-order valence-corrected chi connectivity index (χ4v) is 2.42. The molecule has 5 heteroatoms. The maximum atomic E-state index is 12.1. The molecule has 1 fully saturated rings. The Morgan fingerprint density at radius 2 is 1.95 bits per heavy atom. The Bertz CT molecular complexity index is 494. The molecule has 2 N–H and O–H groups in total. The van der Waals surface area contributed by atoms with Crippen molar-refractivity contribution in [3.63, 3.8) is 0 Å². The maximum Gasteiger partial charge on any atom is 0.335 e. The Hall–Kier alpha value is -1.88. The van der Waals surface area contributed by atoms with Crippen LogP contribution >= 0.6 is 0 Å². The van der Waals surface area contributed by atoms with Gasteiger partial charge in [-0.15, -0.1) is 0 Å². The van der Waals surface area contributed by atoms with Gasteiger partial charge in [-0.3, -0.25) is 4.79 Å². The van der Waals surface area contributed by atoms with E-state index in [-0.39, 0.29) is 17.5 Å². The molecule has 1 saturated heterocycles. The number of ether oxygens (including phenoxy) is 1. The maximum absolute atomic E-state index is 12.1. The Kier molecular flexibility index (Phi) is 4.74. The van der Waals surface area contributed by atoms with Crippen molar-refractivity contribution in [1.29, 1.82) is 0 Å². The molecule has 0 aromatic heterocycles. The molecular weight excluding hydrogens is 258 g/mol. The van der Waals surface area contributed by atoms with Crippen LogP contribution in [0.2, 0.25) is 0 Å². The number of carboxylic acids is 1. The number of nitrogens with one attached hydrogen (secondary N) is 1. The van der Waals surface area contributed by atoms with Crippen LogP contribution in [-0.4, -0.2) is 36.2 Å². The number of benzene rings is 1. The predicted molar refractivity (Wildman–Crippen MR) is 73.9 cm³/mol. The normalized spacial score (nSPS) is 17.4. The fourth-order valence-electron chi connectivity index (χ4n) is 2.42. The minimum absolute atomic E-state index is 0.0554. The Balaban J connectivity index is 2.00. The van der Waals surface area contributed by atoms with E-state index >= 15 is 0 Å². The zero-order valence-electron chi connectivity index (χ0n) is 11.5. The lowest BCUT2D eigenvalue weighted by molar-refractivity contribution is 0.0538. The van der Waals surface area contributed by atoms with Gasteiger partial charge < -0.3 is 15.2 Å². The summed E-state index contributed by atoms with van der Waals surface area (Å²) in [5.41, 5.74) is 0.500. The molecule has 0 spiro atoms. The number of carboxylic acid groups (broad SMARTS) is 1. The van der Waals surface area contributed by atoms with Crippen LogP contribution in [0.3, 0.4) is 0 Å². The third-order valence-corrected chi connectivity index (χ3v) is 3.70. The van der Waals surface area contributed by atoms with Gasteiger partial charge in [0.15, 0.2) is 0 Å². The first kappa shape index (κ1) is 14.5. The lowest BCUT2D eigenvalue weighted by Crippen LogP contribution is -2.40. The summed E-state index contributed by atoms with van der Waals surface area (Å²) < 4.78 is 5.30. The van der Waals surface area contributed by atoms with Crippen LogP contribution in [0.5, 0.6) is 0 Å². The van der Waals surface area contributed by atoms with Crippen LogP contribution in [0, 0.1) is 5.92 Å². The minimum Gasteiger partial charge on any atom is -0.478 e. The highest BCUT2D eigenvalue weighted by Crippen LogP contribution is 2.19. The first-order valence-electron chi connectivity index (χ1n) is 6.80. The number of hydrogen-bond donors (Lipinski definition) is 2. The number of aromatic carboxylic acids is 1. The Morgan fingerprint density at radius 3 is 2.60 bits per heavy atom. The second-order valence-corrected chi connectivity index (χ2v) is 5.10. The molecule has 1 aromatic rings. The lowest BCUT2D eigenvalue weighted by atomic mass is 9.92. The zero-order valence-corrected chi connectivity index (χ0v) is 11.5. The molecule has 1 aliphatic heterocycles. The molecule has 2 rings (SSSR count). The summed E-state index contributed by atoms with van der Waals surface area (Å²) in [5.74, 6) is -0.848. The van der Waals surface area contributed by atoms with E-state index in [4.69, 9.17) is 9.84 Å². The average Bonchev–Trinajstić information content (AvgIpc) is 2.48. The number of carbonyl (C=O) groups excluding carboxylic acids is 1. The van der Waals surface area contributed by atoms with Gasteiger partial charge in [0, 0.05) is 24.8 Å². The SMILES string of the molecule is CC(NC(=O)c1cccc(C(=O)O)c1)C1CCOCC1. The van der Waals surface area contributed by atoms with E-state index in [1.807, 2.05) is 6.92 Å². The molecule has 5 nitrogen and oxygen atoms in total. The topological polar surface area (TPSA) is 75.6 Å². The second-order valence-electron chi connectivity index (χ2n) is 5.10. The summed E-state index contributed by atoms with van der Waals surface area (Å²) in [7, 11) is 0. The smallest absolute Gasteiger partial charge is 0.335 e. The van der Waals surface area contributed by atoms with Crippen molar-refractivity contribution in [1.82, 2.24) is 5.32 Å². The third kappa shape index (κ3) is 3.57. The first-order chi connectivity index (χ1) is 9.58. The van der Waals surface area contributed by atoms with E-state index < -0.39 is 5.97 Å². The first-order valence-corrected chi connectivity index (χ1v) is 6.80. The summed E-state index contributed by atoms with van der Waals surface area (Å²) in [6.07, 6.45) is 1.88. The number of rotatable bonds is 4. The van der Waals surface area contributed by atoms with Crippen molar-refractivity contribution in [3.8, 4) is 0 Å². The van der Waals surface area contributed by atoms with Crippen molar-refractivity contribution < 1.29 is 19.4 Å². The van der Waals surface area contributed by atoms with Crippen molar-refractivity contribution in [2.75, 3.05) is 13.2 Å². The predicted octanol–water partition coefficient (Wildman–Crippen LogP) is 1.93. The average molecular weight is 277 g/mol. The molecule has 108 valence electrons. The third-order valence-electron chi connectivity index (χ3n) is 3.70. The van der Waals surface area contributed by atoms with Gasteiger partial charge in [0.05, 0.1) is 5.56 Å². The summed E-state index contributed by atoms with van der Waals surface area (Å²) in [4.78, 5) is 23.0. The number of hydrogen-bond acceptors (Lipinski definition) is 3. The van der Waals surface area contributed by atoms with Crippen molar-refractivity contribution >= 4 is 11.9 Å². The fraction of sp³-hybridized carbons (Fsp3) is 0.467. The largest absolute Gasteiger partial charge is 0.478 e. The van der Waals surface area contributed by atoms with Crippen LogP contribution in [0.25, 0.3) is 0 Å². The van der Waals surface area contributed by atoms with Crippen LogP contribution in [-0.2, 0) is 4.74 Å². The van der Waals surface area contributed by atoms with Gasteiger partial charge in [0.25, 0.3) is 5.91 Å². The molecule has 0 saturated carbocycles. The second kappa shape index (κ2) is 6.52. The van der Waals surface area contributed by atoms with E-state index in [2.05, 4.69) is 5.32 Å². The van der Waals surface area contributed by atoms with E-state index in [0.29, 0.717) is 11.5 Å². The molecule has 1 heterocycles. The van der Waals surface area contributed by atoms with Crippen LogP contribution in [0.1, 0.15) is 40.5 Å². The van der Waals surface area contributed by atoms with Gasteiger partial charge >= 0.3 is 5.97 Å². The number of carbonyl (C=O) groups is 2. The van der Waals surface area contributed by atoms with E-state index in [1.165, 1.54) is 12.1 Å². The highest BCUT2D eigenvalue weighted by atomic mass is 16.5. The van der Waals surface area contributed by atoms with Crippen molar-refractivity contribution in [2.24, 2.45) is 5.92 Å². The summed E-state index contributed by atoms with van der Waals surface area (Å²) in [5, 5.41) is 11.9. The summed E-state index contributed by atoms with van der Waals surface area (Å²) in [6, 6.07) is 6.13. The van der Waals surface area contributed by atoms with Gasteiger partial charge in [-0.05, 0) is 43.9 Å². The molecule has 1 amide bonds. The molecule has 1 atom stereocenters. The van der Waals surface area contributed by atoms with Gasteiger partial charge in [-0.25, -0.2) is 4.79 Å². The quantitative estimate of drug-likeness (QED) is 0.881. The summed E-state index contributed by atoms with van der Waals surface area (Å²) in [6.45, 7) is 3.45. The molecule has 1 unspecified atom stereocenters. The van der Waals surface area contributed by atoms with Crippen LogP contribution < -0.4 is 5.32 Å². The molecular formula is C15H19NO4. The molecule has 20 heavy (non-hydrogen) atoms. The monoisotopic (exact) mass is 277 g/mol.